The smallest absolute Gasteiger partial charge is 0.410 e. The standard InChI is InChI=1S/C18H36N2O2/c1-6-8-12-19(7-2)13-9-16-10-14-20(15-11-16)17(21)22-18(3,4)5/h16H,6-15H2,1-5H3. The van der Waals surface area contributed by atoms with E-state index in [0.717, 1.165) is 38.4 Å². The Hall–Kier alpha value is -0.770. The van der Waals surface area contributed by atoms with E-state index in [-0.39, 0.29) is 6.09 Å². The minimum Gasteiger partial charge on any atom is -0.444 e. The molecule has 4 heteroatoms. The van der Waals surface area contributed by atoms with Crippen molar-refractivity contribution in [1.29, 1.82) is 0 Å². The van der Waals surface area contributed by atoms with Gasteiger partial charge in [-0.05, 0) is 72.0 Å². The number of carbonyl (C=O) groups is 1. The van der Waals surface area contributed by atoms with Crippen molar-refractivity contribution in [2.45, 2.75) is 72.3 Å². The lowest BCUT2D eigenvalue weighted by Crippen LogP contribution is -2.42. The molecule has 0 atom stereocenters. The number of likely N-dealkylation sites (tertiary alicyclic amines) is 1. The second kappa shape index (κ2) is 9.39. The highest BCUT2D eigenvalue weighted by atomic mass is 16.6. The van der Waals surface area contributed by atoms with Crippen LogP contribution in [0.15, 0.2) is 0 Å². The Morgan fingerprint density at radius 1 is 1.18 bits per heavy atom. The van der Waals surface area contributed by atoms with Gasteiger partial charge in [0.25, 0.3) is 0 Å². The normalized spacial score (nSPS) is 17.1. The third-order valence-corrected chi connectivity index (χ3v) is 4.39. The molecule has 1 aliphatic heterocycles. The van der Waals surface area contributed by atoms with Gasteiger partial charge in [-0.25, -0.2) is 4.79 Å². The Kier molecular flexibility index (Phi) is 8.23. The first kappa shape index (κ1) is 19.3. The third kappa shape index (κ3) is 7.48. The fourth-order valence-corrected chi connectivity index (χ4v) is 2.91. The van der Waals surface area contributed by atoms with Gasteiger partial charge >= 0.3 is 6.09 Å². The van der Waals surface area contributed by atoms with E-state index in [0.29, 0.717) is 0 Å². The summed E-state index contributed by atoms with van der Waals surface area (Å²) in [5, 5.41) is 0. The lowest BCUT2D eigenvalue weighted by atomic mass is 9.93. The van der Waals surface area contributed by atoms with Crippen molar-refractivity contribution in [3.63, 3.8) is 0 Å². The fraction of sp³-hybridized carbons (Fsp3) is 0.944. The van der Waals surface area contributed by atoms with Crippen LogP contribution < -0.4 is 0 Å². The molecule has 0 spiro atoms. The van der Waals surface area contributed by atoms with Crippen LogP contribution in [0.3, 0.4) is 0 Å². The quantitative estimate of drug-likeness (QED) is 0.708. The Morgan fingerprint density at radius 2 is 1.82 bits per heavy atom. The van der Waals surface area contributed by atoms with Gasteiger partial charge in [0.2, 0.25) is 0 Å². The third-order valence-electron chi connectivity index (χ3n) is 4.39. The van der Waals surface area contributed by atoms with Crippen LogP contribution in [0.1, 0.15) is 66.7 Å². The SMILES string of the molecule is CCCCN(CC)CCC1CCN(C(=O)OC(C)(C)C)CC1. The number of hydrogen-bond donors (Lipinski definition) is 0. The molecule has 1 rings (SSSR count). The second-order valence-corrected chi connectivity index (χ2v) is 7.49. The van der Waals surface area contributed by atoms with Gasteiger partial charge in [0.15, 0.2) is 0 Å². The number of unbranched alkanes of at least 4 members (excludes halogenated alkanes) is 1. The van der Waals surface area contributed by atoms with Gasteiger partial charge in [-0.1, -0.05) is 20.3 Å². The predicted octanol–water partition coefficient (Wildman–Crippen LogP) is 4.15. The van der Waals surface area contributed by atoms with Gasteiger partial charge in [-0.15, -0.1) is 0 Å². The molecule has 130 valence electrons. The van der Waals surface area contributed by atoms with Crippen LogP contribution in [0, 0.1) is 5.92 Å². The minimum atomic E-state index is -0.394. The molecular formula is C18H36N2O2. The number of nitrogens with zero attached hydrogens (tertiary/aromatic N) is 2. The molecule has 0 aromatic heterocycles. The first-order valence-electron chi connectivity index (χ1n) is 9.06. The van der Waals surface area contributed by atoms with E-state index in [2.05, 4.69) is 18.7 Å². The van der Waals surface area contributed by atoms with Crippen LogP contribution in [0.25, 0.3) is 0 Å². The molecule has 1 heterocycles. The summed E-state index contributed by atoms with van der Waals surface area (Å²) in [4.78, 5) is 16.5. The molecule has 0 N–H and O–H groups in total. The van der Waals surface area contributed by atoms with Crippen LogP contribution in [0.2, 0.25) is 0 Å². The van der Waals surface area contributed by atoms with E-state index in [1.807, 2.05) is 25.7 Å². The molecule has 0 radical (unpaired) electrons. The van der Waals surface area contributed by atoms with Gasteiger partial charge in [-0.2, -0.15) is 0 Å². The van der Waals surface area contributed by atoms with E-state index in [1.54, 1.807) is 0 Å². The van der Waals surface area contributed by atoms with Crippen molar-refractivity contribution < 1.29 is 9.53 Å². The number of carbonyl (C=O) groups excluding carboxylic acids is 1. The van der Waals surface area contributed by atoms with Crippen LogP contribution in [-0.2, 0) is 4.74 Å². The highest BCUT2D eigenvalue weighted by Gasteiger charge is 2.26. The van der Waals surface area contributed by atoms with Gasteiger partial charge in [-0.3, -0.25) is 0 Å². The predicted molar refractivity (Wildman–Crippen MR) is 92.2 cm³/mol. The van der Waals surface area contributed by atoms with Gasteiger partial charge in [0.1, 0.15) is 5.60 Å². The maximum absolute atomic E-state index is 12.0. The summed E-state index contributed by atoms with van der Waals surface area (Å²) in [6, 6.07) is 0. The van der Waals surface area contributed by atoms with Gasteiger partial charge in [0, 0.05) is 13.1 Å². The molecule has 22 heavy (non-hydrogen) atoms. The van der Waals surface area contributed by atoms with Gasteiger partial charge in [0.05, 0.1) is 0 Å². The highest BCUT2D eigenvalue weighted by Crippen LogP contribution is 2.22. The Bertz CT molecular complexity index is 318. The molecule has 4 nitrogen and oxygen atoms in total. The van der Waals surface area contributed by atoms with Crippen molar-refractivity contribution in [2.24, 2.45) is 5.92 Å². The van der Waals surface area contributed by atoms with Crippen LogP contribution in [0.5, 0.6) is 0 Å². The van der Waals surface area contributed by atoms with Crippen LogP contribution in [-0.4, -0.2) is 54.2 Å². The number of amides is 1. The maximum Gasteiger partial charge on any atom is 0.410 e. The van der Waals surface area contributed by atoms with E-state index in [9.17, 15) is 4.79 Å². The summed E-state index contributed by atoms with van der Waals surface area (Å²) in [5.41, 5.74) is -0.394. The Morgan fingerprint density at radius 3 is 2.32 bits per heavy atom. The van der Waals surface area contributed by atoms with Crippen molar-refractivity contribution in [1.82, 2.24) is 9.80 Å². The van der Waals surface area contributed by atoms with Gasteiger partial charge < -0.3 is 14.5 Å². The number of ether oxygens (including phenoxy) is 1. The van der Waals surface area contributed by atoms with Crippen molar-refractivity contribution in [3.8, 4) is 0 Å². The van der Waals surface area contributed by atoms with Crippen LogP contribution >= 0.6 is 0 Å². The summed E-state index contributed by atoms with van der Waals surface area (Å²) < 4.78 is 5.45. The summed E-state index contributed by atoms with van der Waals surface area (Å²) in [6.45, 7) is 15.5. The molecule has 0 aromatic rings. The van der Waals surface area contributed by atoms with E-state index in [4.69, 9.17) is 4.74 Å². The Balaban J connectivity index is 2.26. The maximum atomic E-state index is 12.0. The molecule has 1 saturated heterocycles. The monoisotopic (exact) mass is 312 g/mol. The zero-order chi connectivity index (χ0) is 16.6. The molecule has 1 aliphatic rings. The molecule has 1 amide bonds. The minimum absolute atomic E-state index is 0.149. The average molecular weight is 312 g/mol. The first-order chi connectivity index (χ1) is 10.4. The number of piperidine rings is 1. The zero-order valence-corrected chi connectivity index (χ0v) is 15.4. The lowest BCUT2D eigenvalue weighted by molar-refractivity contribution is 0.0178. The van der Waals surface area contributed by atoms with E-state index in [1.165, 1.54) is 32.4 Å². The molecule has 0 aliphatic carbocycles. The van der Waals surface area contributed by atoms with Crippen molar-refractivity contribution in [2.75, 3.05) is 32.7 Å². The molecule has 0 unspecified atom stereocenters. The van der Waals surface area contributed by atoms with Crippen molar-refractivity contribution in [3.05, 3.63) is 0 Å². The highest BCUT2D eigenvalue weighted by molar-refractivity contribution is 5.68. The largest absolute Gasteiger partial charge is 0.444 e. The van der Waals surface area contributed by atoms with Crippen LogP contribution in [0.4, 0.5) is 4.79 Å². The topological polar surface area (TPSA) is 32.8 Å². The summed E-state index contributed by atoms with van der Waals surface area (Å²) >= 11 is 0. The summed E-state index contributed by atoms with van der Waals surface area (Å²) in [7, 11) is 0. The molecular weight excluding hydrogens is 276 g/mol. The van der Waals surface area contributed by atoms with E-state index < -0.39 is 5.60 Å². The van der Waals surface area contributed by atoms with E-state index >= 15 is 0 Å². The second-order valence-electron chi connectivity index (χ2n) is 7.49. The molecule has 1 fully saturated rings. The summed E-state index contributed by atoms with van der Waals surface area (Å²) in [5.74, 6) is 0.759. The average Bonchev–Trinajstić information content (AvgIpc) is 2.46. The van der Waals surface area contributed by atoms with Crippen molar-refractivity contribution >= 4 is 6.09 Å². The molecule has 0 bridgehead atoms. The molecule has 0 saturated carbocycles. The lowest BCUT2D eigenvalue weighted by Gasteiger charge is -2.34. The fourth-order valence-electron chi connectivity index (χ4n) is 2.91. The Labute approximate surface area is 137 Å². The number of rotatable bonds is 7. The zero-order valence-electron chi connectivity index (χ0n) is 15.4. The number of hydrogen-bond acceptors (Lipinski definition) is 3. The first-order valence-corrected chi connectivity index (χ1v) is 9.06. The summed E-state index contributed by atoms with van der Waals surface area (Å²) in [6.07, 6.45) is 5.91. The molecule has 0 aromatic carbocycles.